The van der Waals surface area contributed by atoms with E-state index < -0.39 is 0 Å². The van der Waals surface area contributed by atoms with Crippen molar-refractivity contribution in [3.05, 3.63) is 85.4 Å². The SMILES string of the molecule is O=c1nc2s/c(=C\c3ccccc3)c(=O)n2c2ccccc12. The van der Waals surface area contributed by atoms with Gasteiger partial charge < -0.3 is 0 Å². The van der Waals surface area contributed by atoms with Gasteiger partial charge in [-0.15, -0.1) is 0 Å². The Bertz CT molecular complexity index is 1160. The number of nitrogens with zero attached hydrogens (tertiary/aromatic N) is 2. The highest BCUT2D eigenvalue weighted by Gasteiger charge is 2.10. The van der Waals surface area contributed by atoms with Crippen LogP contribution in [0.25, 0.3) is 21.9 Å². The summed E-state index contributed by atoms with van der Waals surface area (Å²) in [5, 5.41) is 0.459. The van der Waals surface area contributed by atoms with E-state index in [2.05, 4.69) is 4.98 Å². The van der Waals surface area contributed by atoms with Crippen LogP contribution in [0.2, 0.25) is 0 Å². The third kappa shape index (κ3) is 1.95. The standard InChI is InChI=1S/C17H10N2O2S/c20-15-12-8-4-5-9-13(12)19-16(21)14(22-17(19)18-15)10-11-6-2-1-3-7-11/h1-10H/b14-10-. The number of fused-ring (bicyclic) bond motifs is 3. The molecule has 0 N–H and O–H groups in total. The fourth-order valence-electron chi connectivity index (χ4n) is 2.46. The van der Waals surface area contributed by atoms with Gasteiger partial charge >= 0.3 is 0 Å². The lowest BCUT2D eigenvalue weighted by Gasteiger charge is -1.97. The predicted molar refractivity (Wildman–Crippen MR) is 88.3 cm³/mol. The average Bonchev–Trinajstić information content (AvgIpc) is 2.85. The molecule has 0 fully saturated rings. The molecule has 0 unspecified atom stereocenters. The molecule has 0 amide bonds. The topological polar surface area (TPSA) is 51.4 Å². The first kappa shape index (κ1) is 12.9. The third-order valence-corrected chi connectivity index (χ3v) is 4.45. The fourth-order valence-corrected chi connectivity index (χ4v) is 3.43. The molecule has 0 radical (unpaired) electrons. The molecule has 0 bridgehead atoms. The zero-order valence-corrected chi connectivity index (χ0v) is 12.2. The van der Waals surface area contributed by atoms with Crippen molar-refractivity contribution in [2.45, 2.75) is 0 Å². The van der Waals surface area contributed by atoms with Gasteiger partial charge in [0.1, 0.15) is 0 Å². The van der Waals surface area contributed by atoms with Crippen molar-refractivity contribution in [1.82, 2.24) is 9.38 Å². The smallest absolute Gasteiger partial charge is 0.267 e. The molecule has 22 heavy (non-hydrogen) atoms. The minimum absolute atomic E-state index is 0.146. The van der Waals surface area contributed by atoms with Crippen LogP contribution in [0.3, 0.4) is 0 Å². The summed E-state index contributed by atoms with van der Waals surface area (Å²) in [4.78, 5) is 29.2. The van der Waals surface area contributed by atoms with Gasteiger partial charge in [-0.05, 0) is 23.8 Å². The zero-order valence-electron chi connectivity index (χ0n) is 11.4. The van der Waals surface area contributed by atoms with E-state index >= 15 is 0 Å². The molecule has 5 heteroatoms. The van der Waals surface area contributed by atoms with Gasteiger partial charge in [-0.3, -0.25) is 14.0 Å². The molecular formula is C17H10N2O2S. The highest BCUT2D eigenvalue weighted by atomic mass is 32.1. The molecule has 2 aromatic carbocycles. The van der Waals surface area contributed by atoms with Crippen LogP contribution >= 0.6 is 11.3 Å². The van der Waals surface area contributed by atoms with Gasteiger partial charge in [-0.25, -0.2) is 0 Å². The summed E-state index contributed by atoms with van der Waals surface area (Å²) in [7, 11) is 0. The molecule has 0 aliphatic rings. The number of rotatable bonds is 1. The monoisotopic (exact) mass is 306 g/mol. The zero-order chi connectivity index (χ0) is 15.1. The second-order valence-corrected chi connectivity index (χ2v) is 5.89. The summed E-state index contributed by atoms with van der Waals surface area (Å²) in [6, 6.07) is 16.7. The summed E-state index contributed by atoms with van der Waals surface area (Å²) in [6.45, 7) is 0. The Labute approximate surface area is 128 Å². The van der Waals surface area contributed by atoms with E-state index in [1.807, 2.05) is 42.5 Å². The lowest BCUT2D eigenvalue weighted by molar-refractivity contribution is 1.12. The molecule has 4 rings (SSSR count). The first-order valence-electron chi connectivity index (χ1n) is 6.75. The predicted octanol–water partition coefficient (Wildman–Crippen LogP) is 1.82. The lowest BCUT2D eigenvalue weighted by Crippen LogP contribution is -2.24. The molecule has 0 atom stereocenters. The van der Waals surface area contributed by atoms with E-state index in [1.54, 1.807) is 18.2 Å². The largest absolute Gasteiger partial charge is 0.281 e. The number of hydrogen-bond donors (Lipinski definition) is 0. The summed E-state index contributed by atoms with van der Waals surface area (Å²) < 4.78 is 2.07. The van der Waals surface area contributed by atoms with Crippen LogP contribution in [0, 0.1) is 0 Å². The summed E-state index contributed by atoms with van der Waals surface area (Å²) in [6.07, 6.45) is 1.82. The molecule has 106 valence electrons. The number of aromatic nitrogens is 2. The Kier molecular flexibility index (Phi) is 2.87. The Balaban J connectivity index is 2.15. The van der Waals surface area contributed by atoms with E-state index in [9.17, 15) is 9.59 Å². The van der Waals surface area contributed by atoms with Gasteiger partial charge in [0.25, 0.3) is 11.1 Å². The van der Waals surface area contributed by atoms with Crippen LogP contribution in [-0.4, -0.2) is 9.38 Å². The Morgan fingerprint density at radius 1 is 0.955 bits per heavy atom. The van der Waals surface area contributed by atoms with Crippen molar-refractivity contribution in [3.63, 3.8) is 0 Å². The van der Waals surface area contributed by atoms with Gasteiger partial charge in [0.15, 0.2) is 0 Å². The molecule has 0 aliphatic carbocycles. The summed E-state index contributed by atoms with van der Waals surface area (Å²) >= 11 is 1.23. The Morgan fingerprint density at radius 2 is 1.68 bits per heavy atom. The quantitative estimate of drug-likeness (QED) is 0.539. The van der Waals surface area contributed by atoms with Crippen LogP contribution in [0.4, 0.5) is 0 Å². The van der Waals surface area contributed by atoms with Gasteiger partial charge in [-0.1, -0.05) is 53.8 Å². The second kappa shape index (κ2) is 4.89. The maximum atomic E-state index is 12.7. The molecular weight excluding hydrogens is 296 g/mol. The van der Waals surface area contributed by atoms with Crippen molar-refractivity contribution < 1.29 is 0 Å². The molecule has 4 aromatic rings. The minimum atomic E-state index is -0.303. The number of para-hydroxylation sites is 1. The highest BCUT2D eigenvalue weighted by Crippen LogP contribution is 2.10. The molecule has 0 aliphatic heterocycles. The van der Waals surface area contributed by atoms with Crippen molar-refractivity contribution >= 4 is 33.3 Å². The summed E-state index contributed by atoms with van der Waals surface area (Å²) in [5.41, 5.74) is 1.10. The number of benzene rings is 2. The first-order valence-corrected chi connectivity index (χ1v) is 7.57. The van der Waals surface area contributed by atoms with Crippen LogP contribution in [-0.2, 0) is 0 Å². The first-order chi connectivity index (χ1) is 10.7. The van der Waals surface area contributed by atoms with Gasteiger partial charge in [0.05, 0.1) is 15.4 Å². The van der Waals surface area contributed by atoms with Crippen LogP contribution in [0.15, 0.2) is 64.2 Å². The number of hydrogen-bond acceptors (Lipinski definition) is 4. The third-order valence-electron chi connectivity index (χ3n) is 3.48. The maximum Gasteiger partial charge on any atom is 0.281 e. The van der Waals surface area contributed by atoms with Crippen LogP contribution in [0.1, 0.15) is 5.56 Å². The minimum Gasteiger partial charge on any atom is -0.267 e. The van der Waals surface area contributed by atoms with Crippen molar-refractivity contribution in [2.24, 2.45) is 0 Å². The molecule has 4 nitrogen and oxygen atoms in total. The second-order valence-electron chi connectivity index (χ2n) is 4.88. The van der Waals surface area contributed by atoms with Crippen molar-refractivity contribution in [3.8, 4) is 0 Å². The lowest BCUT2D eigenvalue weighted by atomic mass is 10.2. The van der Waals surface area contributed by atoms with Crippen molar-refractivity contribution in [2.75, 3.05) is 0 Å². The highest BCUT2D eigenvalue weighted by molar-refractivity contribution is 7.15. The maximum absolute atomic E-state index is 12.7. The molecule has 2 heterocycles. The number of thiazole rings is 1. The Hall–Kier alpha value is -2.79. The van der Waals surface area contributed by atoms with Crippen LogP contribution in [0.5, 0.6) is 0 Å². The van der Waals surface area contributed by atoms with E-state index in [4.69, 9.17) is 0 Å². The van der Waals surface area contributed by atoms with Crippen LogP contribution < -0.4 is 15.7 Å². The van der Waals surface area contributed by atoms with E-state index in [-0.39, 0.29) is 11.1 Å². The van der Waals surface area contributed by atoms with Gasteiger partial charge in [0, 0.05) is 0 Å². The van der Waals surface area contributed by atoms with E-state index in [0.29, 0.717) is 20.4 Å². The molecule has 0 spiro atoms. The molecule has 0 saturated heterocycles. The summed E-state index contributed by atoms with van der Waals surface area (Å²) in [5.74, 6) is 0. The molecule has 0 saturated carbocycles. The average molecular weight is 306 g/mol. The normalized spacial score (nSPS) is 12.3. The Morgan fingerprint density at radius 3 is 2.50 bits per heavy atom. The van der Waals surface area contributed by atoms with Crippen molar-refractivity contribution in [1.29, 1.82) is 0 Å². The van der Waals surface area contributed by atoms with E-state index in [0.717, 1.165) is 5.56 Å². The van der Waals surface area contributed by atoms with E-state index in [1.165, 1.54) is 15.7 Å². The van der Waals surface area contributed by atoms with Gasteiger partial charge in [-0.2, -0.15) is 4.98 Å². The molecule has 2 aromatic heterocycles. The fraction of sp³-hybridized carbons (Fsp3) is 0. The van der Waals surface area contributed by atoms with Gasteiger partial charge in [0.2, 0.25) is 4.96 Å².